The summed E-state index contributed by atoms with van der Waals surface area (Å²) in [6.45, 7) is 8.64. The van der Waals surface area contributed by atoms with E-state index in [9.17, 15) is 5.11 Å². The molecule has 0 spiro atoms. The Balaban J connectivity index is 1.87. The first-order chi connectivity index (χ1) is 12.6. The zero-order chi connectivity index (χ0) is 18.5. The van der Waals surface area contributed by atoms with Crippen LogP contribution in [-0.4, -0.2) is 37.7 Å². The highest BCUT2D eigenvalue weighted by Gasteiger charge is 2.16. The summed E-state index contributed by atoms with van der Waals surface area (Å²) in [5, 5.41) is 9.46. The molecule has 0 radical (unpaired) electrons. The Bertz CT molecular complexity index is 858. The summed E-state index contributed by atoms with van der Waals surface area (Å²) in [7, 11) is 0. The SMILES string of the molecule is Cc1cccnc1-n1c(C)cc(CN(CCO)Cc2cccnc2)c1C. The molecule has 3 aromatic rings. The topological polar surface area (TPSA) is 54.2 Å². The average Bonchev–Trinajstić information content (AvgIpc) is 2.90. The minimum absolute atomic E-state index is 0.137. The van der Waals surface area contributed by atoms with E-state index in [4.69, 9.17) is 0 Å². The Hall–Kier alpha value is -2.50. The lowest BCUT2D eigenvalue weighted by atomic mass is 10.2. The summed E-state index contributed by atoms with van der Waals surface area (Å²) in [6, 6.07) is 10.3. The van der Waals surface area contributed by atoms with Crippen molar-refractivity contribution >= 4 is 0 Å². The van der Waals surface area contributed by atoms with Gasteiger partial charge in [0.05, 0.1) is 6.61 Å². The van der Waals surface area contributed by atoms with Gasteiger partial charge >= 0.3 is 0 Å². The van der Waals surface area contributed by atoms with E-state index in [0.717, 1.165) is 30.0 Å². The Morgan fingerprint density at radius 3 is 2.58 bits per heavy atom. The van der Waals surface area contributed by atoms with Crippen molar-refractivity contribution in [2.24, 2.45) is 0 Å². The van der Waals surface area contributed by atoms with Crippen LogP contribution in [0.2, 0.25) is 0 Å². The quantitative estimate of drug-likeness (QED) is 0.711. The molecule has 0 aliphatic rings. The van der Waals surface area contributed by atoms with E-state index in [1.165, 1.54) is 17.0 Å². The lowest BCUT2D eigenvalue weighted by Crippen LogP contribution is -2.26. The molecule has 0 saturated carbocycles. The van der Waals surface area contributed by atoms with Crippen LogP contribution in [0.5, 0.6) is 0 Å². The van der Waals surface area contributed by atoms with Crippen LogP contribution in [0.15, 0.2) is 48.9 Å². The average molecular weight is 350 g/mol. The van der Waals surface area contributed by atoms with E-state index in [2.05, 4.69) is 58.4 Å². The van der Waals surface area contributed by atoms with Gasteiger partial charge in [-0.1, -0.05) is 12.1 Å². The third-order valence-electron chi connectivity index (χ3n) is 4.67. The molecular weight excluding hydrogens is 324 g/mol. The minimum Gasteiger partial charge on any atom is -0.395 e. The third kappa shape index (κ3) is 4.00. The smallest absolute Gasteiger partial charge is 0.139 e. The molecule has 5 nitrogen and oxygen atoms in total. The summed E-state index contributed by atoms with van der Waals surface area (Å²) in [5.41, 5.74) is 5.92. The number of aryl methyl sites for hydroxylation is 2. The highest BCUT2D eigenvalue weighted by Crippen LogP contribution is 2.23. The molecule has 0 fully saturated rings. The van der Waals surface area contributed by atoms with Crippen molar-refractivity contribution in [2.45, 2.75) is 33.9 Å². The summed E-state index contributed by atoms with van der Waals surface area (Å²) in [5.74, 6) is 0.981. The molecule has 3 aromatic heterocycles. The van der Waals surface area contributed by atoms with Crippen molar-refractivity contribution < 1.29 is 5.11 Å². The summed E-state index contributed by atoms with van der Waals surface area (Å²) >= 11 is 0. The number of aromatic nitrogens is 3. The fraction of sp³-hybridized carbons (Fsp3) is 0.333. The Morgan fingerprint density at radius 1 is 1.08 bits per heavy atom. The molecule has 136 valence electrons. The molecule has 5 heteroatoms. The van der Waals surface area contributed by atoms with Gasteiger partial charge in [0.15, 0.2) is 0 Å². The van der Waals surface area contributed by atoms with Crippen LogP contribution in [0.3, 0.4) is 0 Å². The van der Waals surface area contributed by atoms with E-state index in [0.29, 0.717) is 6.54 Å². The monoisotopic (exact) mass is 350 g/mol. The fourth-order valence-electron chi connectivity index (χ4n) is 3.37. The van der Waals surface area contributed by atoms with Crippen LogP contribution >= 0.6 is 0 Å². The fourth-order valence-corrected chi connectivity index (χ4v) is 3.37. The number of aliphatic hydroxyl groups excluding tert-OH is 1. The molecule has 3 rings (SSSR count). The number of aliphatic hydroxyl groups is 1. The number of hydrogen-bond donors (Lipinski definition) is 1. The van der Waals surface area contributed by atoms with Crippen LogP contribution in [-0.2, 0) is 13.1 Å². The van der Waals surface area contributed by atoms with Gasteiger partial charge in [0.2, 0.25) is 0 Å². The predicted octanol–water partition coefficient (Wildman–Crippen LogP) is 3.19. The van der Waals surface area contributed by atoms with Crippen LogP contribution < -0.4 is 0 Å². The molecular formula is C21H26N4O. The second-order valence-electron chi connectivity index (χ2n) is 6.67. The van der Waals surface area contributed by atoms with Gasteiger partial charge in [-0.2, -0.15) is 0 Å². The standard InChI is InChI=1S/C21H26N4O/c1-16-6-4-9-23-21(16)25-17(2)12-20(18(25)3)15-24(10-11-26)14-19-7-5-8-22-13-19/h4-9,12-13,26H,10-11,14-15H2,1-3H3. The number of hydrogen-bond acceptors (Lipinski definition) is 4. The van der Waals surface area contributed by atoms with Crippen molar-refractivity contribution in [3.8, 4) is 5.82 Å². The first kappa shape index (κ1) is 18.3. The van der Waals surface area contributed by atoms with E-state index < -0.39 is 0 Å². The van der Waals surface area contributed by atoms with Gasteiger partial charge in [0.1, 0.15) is 5.82 Å². The van der Waals surface area contributed by atoms with Crippen molar-refractivity contribution in [3.63, 3.8) is 0 Å². The number of rotatable bonds is 7. The van der Waals surface area contributed by atoms with E-state index in [1.807, 2.05) is 24.5 Å². The van der Waals surface area contributed by atoms with E-state index >= 15 is 0 Å². The number of nitrogens with zero attached hydrogens (tertiary/aromatic N) is 4. The lowest BCUT2D eigenvalue weighted by molar-refractivity contribution is 0.184. The van der Waals surface area contributed by atoms with Gasteiger partial charge in [0, 0.05) is 49.6 Å². The maximum atomic E-state index is 9.46. The van der Waals surface area contributed by atoms with Crippen molar-refractivity contribution in [1.82, 2.24) is 19.4 Å². The summed E-state index contributed by atoms with van der Waals surface area (Å²) in [6.07, 6.45) is 5.49. The molecule has 0 unspecified atom stereocenters. The highest BCUT2D eigenvalue weighted by atomic mass is 16.3. The first-order valence-corrected chi connectivity index (χ1v) is 8.92. The van der Waals surface area contributed by atoms with Crippen LogP contribution in [0.4, 0.5) is 0 Å². The first-order valence-electron chi connectivity index (χ1n) is 8.92. The van der Waals surface area contributed by atoms with Crippen molar-refractivity contribution in [1.29, 1.82) is 0 Å². The predicted molar refractivity (Wildman–Crippen MR) is 103 cm³/mol. The van der Waals surface area contributed by atoms with Gasteiger partial charge in [-0.3, -0.25) is 9.88 Å². The highest BCUT2D eigenvalue weighted by molar-refractivity contribution is 5.41. The molecule has 0 amide bonds. The Kier molecular flexibility index (Phi) is 5.81. The van der Waals surface area contributed by atoms with Gasteiger partial charge in [-0.25, -0.2) is 4.98 Å². The molecule has 0 saturated heterocycles. The van der Waals surface area contributed by atoms with Crippen LogP contribution in [0.25, 0.3) is 5.82 Å². The van der Waals surface area contributed by atoms with Crippen LogP contribution in [0, 0.1) is 20.8 Å². The maximum Gasteiger partial charge on any atom is 0.139 e. The summed E-state index contributed by atoms with van der Waals surface area (Å²) in [4.78, 5) is 11.0. The van der Waals surface area contributed by atoms with E-state index in [-0.39, 0.29) is 6.61 Å². The maximum absolute atomic E-state index is 9.46. The van der Waals surface area contributed by atoms with Crippen molar-refractivity contribution in [3.05, 3.63) is 77.0 Å². The van der Waals surface area contributed by atoms with Crippen LogP contribution in [0.1, 0.15) is 28.1 Å². The molecule has 26 heavy (non-hydrogen) atoms. The molecule has 0 atom stereocenters. The second-order valence-corrected chi connectivity index (χ2v) is 6.67. The molecule has 0 bridgehead atoms. The van der Waals surface area contributed by atoms with Gasteiger partial charge < -0.3 is 9.67 Å². The van der Waals surface area contributed by atoms with Gasteiger partial charge in [0.25, 0.3) is 0 Å². The second kappa shape index (κ2) is 8.25. The zero-order valence-corrected chi connectivity index (χ0v) is 15.7. The molecule has 0 aliphatic heterocycles. The largest absolute Gasteiger partial charge is 0.395 e. The number of pyridine rings is 2. The zero-order valence-electron chi connectivity index (χ0n) is 15.7. The normalized spacial score (nSPS) is 11.3. The molecule has 0 aliphatic carbocycles. The Labute approximate surface area is 155 Å². The van der Waals surface area contributed by atoms with E-state index in [1.54, 1.807) is 6.20 Å². The van der Waals surface area contributed by atoms with Crippen molar-refractivity contribution in [2.75, 3.05) is 13.2 Å². The van der Waals surface area contributed by atoms with Gasteiger partial charge in [-0.15, -0.1) is 0 Å². The molecule has 1 N–H and O–H groups in total. The minimum atomic E-state index is 0.137. The Morgan fingerprint density at radius 2 is 1.88 bits per heavy atom. The molecule has 3 heterocycles. The molecule has 0 aromatic carbocycles. The summed E-state index contributed by atoms with van der Waals surface area (Å²) < 4.78 is 2.21. The third-order valence-corrected chi connectivity index (χ3v) is 4.67. The lowest BCUT2D eigenvalue weighted by Gasteiger charge is -2.21. The van der Waals surface area contributed by atoms with Gasteiger partial charge in [-0.05, 0) is 55.7 Å².